The molecule has 1 unspecified atom stereocenters. The first-order valence-corrected chi connectivity index (χ1v) is 11.8. The molecule has 0 saturated carbocycles. The van der Waals surface area contributed by atoms with Crippen LogP contribution in [0, 0.1) is 0 Å². The summed E-state index contributed by atoms with van der Waals surface area (Å²) >= 11 is 12.3. The van der Waals surface area contributed by atoms with Gasteiger partial charge in [0.15, 0.2) is 0 Å². The van der Waals surface area contributed by atoms with Crippen molar-refractivity contribution < 1.29 is 9.53 Å². The van der Waals surface area contributed by atoms with Gasteiger partial charge in [0.1, 0.15) is 11.9 Å². The Morgan fingerprint density at radius 2 is 1.94 bits per heavy atom. The van der Waals surface area contributed by atoms with Crippen molar-refractivity contribution in [2.75, 3.05) is 39.4 Å². The molecule has 3 aromatic rings. The number of para-hydroxylation sites is 2. The Morgan fingerprint density at radius 1 is 1.16 bits per heavy atom. The largest absolute Gasteiger partial charge is 0.379 e. The minimum Gasteiger partial charge on any atom is -0.379 e. The van der Waals surface area contributed by atoms with E-state index in [1.807, 2.05) is 43.3 Å². The van der Waals surface area contributed by atoms with Gasteiger partial charge in [0.2, 0.25) is 5.91 Å². The number of hydrogen-bond acceptors (Lipinski definition) is 4. The van der Waals surface area contributed by atoms with E-state index in [1.54, 1.807) is 6.07 Å². The number of morpholine rings is 1. The lowest BCUT2D eigenvalue weighted by Gasteiger charge is -2.27. The first-order valence-electron chi connectivity index (χ1n) is 11.0. The molecule has 0 aliphatic carbocycles. The number of amides is 1. The number of fused-ring (bicyclic) bond motifs is 1. The molecular weight excluding hydrogens is 447 g/mol. The first kappa shape index (κ1) is 23.1. The monoisotopic (exact) mass is 474 g/mol. The number of carbonyl (C=O) groups excluding carboxylic acids is 1. The van der Waals surface area contributed by atoms with Gasteiger partial charge in [0.25, 0.3) is 0 Å². The molecule has 1 aliphatic rings. The van der Waals surface area contributed by atoms with E-state index in [1.165, 1.54) is 0 Å². The smallest absolute Gasteiger partial charge is 0.243 e. The topological polar surface area (TPSA) is 59.4 Å². The van der Waals surface area contributed by atoms with E-state index in [9.17, 15) is 4.79 Å². The molecule has 1 saturated heterocycles. The fraction of sp³-hybridized carbons (Fsp3) is 0.417. The highest BCUT2D eigenvalue weighted by molar-refractivity contribution is 6.42. The zero-order valence-corrected chi connectivity index (χ0v) is 19.7. The molecule has 1 atom stereocenters. The van der Waals surface area contributed by atoms with Crippen molar-refractivity contribution in [1.29, 1.82) is 0 Å². The fourth-order valence-corrected chi connectivity index (χ4v) is 4.48. The summed E-state index contributed by atoms with van der Waals surface area (Å²) in [5.74, 6) is 0.846. The minimum atomic E-state index is -0.343. The second-order valence-electron chi connectivity index (χ2n) is 7.98. The van der Waals surface area contributed by atoms with Crippen LogP contribution in [0.25, 0.3) is 11.0 Å². The van der Waals surface area contributed by atoms with Gasteiger partial charge in [-0.3, -0.25) is 9.69 Å². The number of nitrogens with zero attached hydrogens (tertiary/aromatic N) is 3. The quantitative estimate of drug-likeness (QED) is 0.527. The first-order chi connectivity index (χ1) is 15.6. The molecule has 0 bridgehead atoms. The Bertz CT molecular complexity index is 1080. The van der Waals surface area contributed by atoms with Gasteiger partial charge in [0, 0.05) is 32.6 Å². The third-order valence-corrected chi connectivity index (χ3v) is 6.59. The van der Waals surface area contributed by atoms with Crippen molar-refractivity contribution in [2.45, 2.75) is 25.8 Å². The minimum absolute atomic E-state index is 0.0132. The van der Waals surface area contributed by atoms with E-state index in [-0.39, 0.29) is 11.9 Å². The number of imidazole rings is 1. The van der Waals surface area contributed by atoms with Crippen LogP contribution in [-0.4, -0.2) is 59.8 Å². The van der Waals surface area contributed by atoms with Crippen LogP contribution in [0.2, 0.25) is 10.0 Å². The van der Waals surface area contributed by atoms with E-state index in [2.05, 4.69) is 14.8 Å². The molecule has 1 aliphatic heterocycles. The van der Waals surface area contributed by atoms with Crippen molar-refractivity contribution in [1.82, 2.24) is 19.8 Å². The molecule has 2 heterocycles. The summed E-state index contributed by atoms with van der Waals surface area (Å²) < 4.78 is 7.46. The van der Waals surface area contributed by atoms with Crippen LogP contribution in [0.15, 0.2) is 42.5 Å². The molecule has 2 aromatic carbocycles. The van der Waals surface area contributed by atoms with Crippen LogP contribution in [-0.2, 0) is 16.0 Å². The summed E-state index contributed by atoms with van der Waals surface area (Å²) in [5, 5.41) is 4.17. The fourth-order valence-electron chi connectivity index (χ4n) is 4.16. The number of ether oxygens (including phenoxy) is 1. The predicted octanol–water partition coefficient (Wildman–Crippen LogP) is 4.33. The predicted molar refractivity (Wildman–Crippen MR) is 129 cm³/mol. The lowest BCUT2D eigenvalue weighted by molar-refractivity contribution is -0.124. The summed E-state index contributed by atoms with van der Waals surface area (Å²) in [6.07, 6.45) is 1.22. The van der Waals surface area contributed by atoms with Gasteiger partial charge in [0.05, 0.1) is 34.3 Å². The standard InChI is InChI=1S/C24H28Cl2N4O2/c1-2-21(24(31)27-9-10-29-11-13-32-14-12-29)30-22-6-4-3-5-20(22)28-23(30)16-17-7-8-18(25)19(26)15-17/h3-8,15,21H,2,9-14,16H2,1H3,(H,27,31). The molecular formula is C24H28Cl2N4O2. The highest BCUT2D eigenvalue weighted by atomic mass is 35.5. The van der Waals surface area contributed by atoms with E-state index in [4.69, 9.17) is 32.9 Å². The summed E-state index contributed by atoms with van der Waals surface area (Å²) in [7, 11) is 0. The lowest BCUT2D eigenvalue weighted by atomic mass is 10.1. The maximum atomic E-state index is 13.2. The Morgan fingerprint density at radius 3 is 2.69 bits per heavy atom. The van der Waals surface area contributed by atoms with Crippen molar-refractivity contribution in [3.05, 3.63) is 63.9 Å². The van der Waals surface area contributed by atoms with Crippen molar-refractivity contribution in [3.8, 4) is 0 Å². The SMILES string of the molecule is CCC(C(=O)NCCN1CCOCC1)n1c(Cc2ccc(Cl)c(Cl)c2)nc2ccccc21. The molecule has 170 valence electrons. The molecule has 4 rings (SSSR count). The third-order valence-electron chi connectivity index (χ3n) is 5.85. The molecule has 1 fully saturated rings. The Balaban J connectivity index is 1.56. The molecule has 1 N–H and O–H groups in total. The van der Waals surface area contributed by atoms with Crippen LogP contribution in [0.1, 0.15) is 30.8 Å². The van der Waals surface area contributed by atoms with Gasteiger partial charge in [-0.1, -0.05) is 48.3 Å². The van der Waals surface area contributed by atoms with Crippen LogP contribution < -0.4 is 5.32 Å². The van der Waals surface area contributed by atoms with Gasteiger partial charge < -0.3 is 14.6 Å². The van der Waals surface area contributed by atoms with Crippen LogP contribution in [0.5, 0.6) is 0 Å². The van der Waals surface area contributed by atoms with E-state index >= 15 is 0 Å². The average molecular weight is 475 g/mol. The van der Waals surface area contributed by atoms with Crippen molar-refractivity contribution >= 4 is 40.1 Å². The van der Waals surface area contributed by atoms with Crippen LogP contribution >= 0.6 is 23.2 Å². The van der Waals surface area contributed by atoms with Crippen LogP contribution in [0.4, 0.5) is 0 Å². The Labute approximate surface area is 198 Å². The number of halogens is 2. The molecule has 8 heteroatoms. The molecule has 6 nitrogen and oxygen atoms in total. The Kier molecular flexibility index (Phi) is 7.68. The second kappa shape index (κ2) is 10.7. The van der Waals surface area contributed by atoms with Gasteiger partial charge in [-0.25, -0.2) is 4.98 Å². The summed E-state index contributed by atoms with van der Waals surface area (Å²) in [6.45, 7) is 6.80. The summed E-state index contributed by atoms with van der Waals surface area (Å²) in [6, 6.07) is 13.2. The van der Waals surface area contributed by atoms with Crippen LogP contribution in [0.3, 0.4) is 0 Å². The van der Waals surface area contributed by atoms with E-state index < -0.39 is 0 Å². The van der Waals surface area contributed by atoms with Gasteiger partial charge in [-0.05, 0) is 36.2 Å². The second-order valence-corrected chi connectivity index (χ2v) is 8.80. The molecule has 1 aromatic heterocycles. The summed E-state index contributed by atoms with van der Waals surface area (Å²) in [5.41, 5.74) is 2.83. The van der Waals surface area contributed by atoms with Gasteiger partial charge >= 0.3 is 0 Å². The zero-order chi connectivity index (χ0) is 22.5. The molecule has 0 radical (unpaired) electrons. The number of nitrogens with one attached hydrogen (secondary N) is 1. The van der Waals surface area contributed by atoms with Gasteiger partial charge in [-0.2, -0.15) is 0 Å². The number of rotatable bonds is 8. The van der Waals surface area contributed by atoms with E-state index in [0.29, 0.717) is 29.4 Å². The lowest BCUT2D eigenvalue weighted by Crippen LogP contribution is -2.42. The molecule has 1 amide bonds. The Hall–Kier alpha value is -2.12. The number of hydrogen-bond donors (Lipinski definition) is 1. The normalized spacial score (nSPS) is 15.7. The maximum absolute atomic E-state index is 13.2. The van der Waals surface area contributed by atoms with E-state index in [0.717, 1.165) is 55.3 Å². The highest BCUT2D eigenvalue weighted by Gasteiger charge is 2.24. The highest BCUT2D eigenvalue weighted by Crippen LogP contribution is 2.28. The molecule has 0 spiro atoms. The van der Waals surface area contributed by atoms with Crippen molar-refractivity contribution in [3.63, 3.8) is 0 Å². The third kappa shape index (κ3) is 5.26. The number of benzene rings is 2. The maximum Gasteiger partial charge on any atom is 0.243 e. The number of carbonyl (C=O) groups is 1. The van der Waals surface area contributed by atoms with Gasteiger partial charge in [-0.15, -0.1) is 0 Å². The number of aromatic nitrogens is 2. The molecule has 32 heavy (non-hydrogen) atoms. The van der Waals surface area contributed by atoms with Crippen molar-refractivity contribution in [2.24, 2.45) is 0 Å². The average Bonchev–Trinajstić information content (AvgIpc) is 3.15. The summed E-state index contributed by atoms with van der Waals surface area (Å²) in [4.78, 5) is 20.4. The zero-order valence-electron chi connectivity index (χ0n) is 18.2.